The predicted molar refractivity (Wildman–Crippen MR) is 96.3 cm³/mol. The Balaban J connectivity index is 1.44. The van der Waals surface area contributed by atoms with Gasteiger partial charge in [-0.3, -0.25) is 9.78 Å². The van der Waals surface area contributed by atoms with Gasteiger partial charge in [0.15, 0.2) is 5.82 Å². The number of pyridine rings is 1. The molecule has 0 N–H and O–H groups in total. The summed E-state index contributed by atoms with van der Waals surface area (Å²) in [5.41, 5.74) is 2.07. The van der Waals surface area contributed by atoms with Gasteiger partial charge < -0.3 is 9.42 Å². The van der Waals surface area contributed by atoms with E-state index in [2.05, 4.69) is 34.2 Å². The molecule has 1 aliphatic heterocycles. The average Bonchev–Trinajstić information content (AvgIpc) is 3.31. The quantitative estimate of drug-likeness (QED) is 0.708. The van der Waals surface area contributed by atoms with Gasteiger partial charge in [0.25, 0.3) is 5.89 Å². The first kappa shape index (κ1) is 16.4. The van der Waals surface area contributed by atoms with Crippen molar-refractivity contribution in [2.75, 3.05) is 13.1 Å². The maximum absolute atomic E-state index is 12.4. The van der Waals surface area contributed by atoms with E-state index in [1.165, 1.54) is 5.56 Å². The minimum Gasteiger partial charge on any atom is -0.341 e. The van der Waals surface area contributed by atoms with Gasteiger partial charge in [-0.2, -0.15) is 4.98 Å². The first-order valence-corrected chi connectivity index (χ1v) is 8.77. The number of nitrogens with zero attached hydrogens (tertiary/aromatic N) is 4. The van der Waals surface area contributed by atoms with Gasteiger partial charge in [-0.25, -0.2) is 0 Å². The molecule has 0 aliphatic carbocycles. The van der Waals surface area contributed by atoms with Crippen LogP contribution in [0.1, 0.15) is 36.6 Å². The first-order valence-electron chi connectivity index (χ1n) is 8.77. The van der Waals surface area contributed by atoms with Crippen molar-refractivity contribution in [2.45, 2.75) is 25.2 Å². The van der Waals surface area contributed by atoms with Gasteiger partial charge >= 0.3 is 0 Å². The summed E-state index contributed by atoms with van der Waals surface area (Å²) in [5.74, 6) is 1.47. The summed E-state index contributed by atoms with van der Waals surface area (Å²) in [7, 11) is 0. The molecule has 6 nitrogen and oxygen atoms in total. The molecular weight excluding hydrogens is 328 g/mol. The lowest BCUT2D eigenvalue weighted by Crippen LogP contribution is -2.29. The van der Waals surface area contributed by atoms with Crippen LogP contribution in [0.25, 0.3) is 11.5 Å². The Bertz CT molecular complexity index is 879. The third-order valence-corrected chi connectivity index (χ3v) is 4.81. The van der Waals surface area contributed by atoms with E-state index < -0.39 is 0 Å². The van der Waals surface area contributed by atoms with Crippen molar-refractivity contribution in [1.82, 2.24) is 20.0 Å². The number of hydrogen-bond acceptors (Lipinski definition) is 5. The number of carbonyl (C=O) groups excluding carboxylic acids is 1. The summed E-state index contributed by atoms with van der Waals surface area (Å²) in [5, 5.41) is 4.10. The minimum atomic E-state index is -0.0233. The Hall–Kier alpha value is -3.02. The second-order valence-electron chi connectivity index (χ2n) is 6.71. The van der Waals surface area contributed by atoms with Crippen molar-refractivity contribution in [1.29, 1.82) is 0 Å². The highest BCUT2D eigenvalue weighted by Gasteiger charge is 2.34. The molecule has 1 aliphatic rings. The van der Waals surface area contributed by atoms with Gasteiger partial charge in [0.2, 0.25) is 5.91 Å². The van der Waals surface area contributed by atoms with Gasteiger partial charge in [0.1, 0.15) is 0 Å². The van der Waals surface area contributed by atoms with Crippen LogP contribution in [-0.2, 0) is 4.79 Å². The Morgan fingerprint density at radius 1 is 1.19 bits per heavy atom. The van der Waals surface area contributed by atoms with E-state index in [1.807, 2.05) is 35.2 Å². The van der Waals surface area contributed by atoms with Gasteiger partial charge in [-0.05, 0) is 23.6 Å². The van der Waals surface area contributed by atoms with Crippen LogP contribution in [0.5, 0.6) is 0 Å². The van der Waals surface area contributed by atoms with Crippen molar-refractivity contribution in [3.8, 4) is 11.5 Å². The van der Waals surface area contributed by atoms with E-state index in [1.54, 1.807) is 12.4 Å². The van der Waals surface area contributed by atoms with E-state index in [0.717, 1.165) is 5.56 Å². The van der Waals surface area contributed by atoms with Crippen molar-refractivity contribution in [3.63, 3.8) is 0 Å². The van der Waals surface area contributed by atoms with Gasteiger partial charge in [-0.15, -0.1) is 0 Å². The predicted octanol–water partition coefficient (Wildman–Crippen LogP) is 3.25. The molecule has 0 spiro atoms. The Morgan fingerprint density at radius 3 is 2.73 bits per heavy atom. The zero-order valence-corrected chi connectivity index (χ0v) is 14.6. The summed E-state index contributed by atoms with van der Waals surface area (Å²) < 4.78 is 5.37. The lowest BCUT2D eigenvalue weighted by molar-refractivity contribution is -0.127. The smallest absolute Gasteiger partial charge is 0.258 e. The molecule has 4 rings (SSSR count). The Kier molecular flexibility index (Phi) is 4.48. The van der Waals surface area contributed by atoms with E-state index in [-0.39, 0.29) is 17.7 Å². The van der Waals surface area contributed by atoms with Gasteiger partial charge in [-0.1, -0.05) is 42.4 Å². The summed E-state index contributed by atoms with van der Waals surface area (Å²) in [6.07, 6.45) is 3.80. The zero-order chi connectivity index (χ0) is 17.9. The molecule has 3 aromatic rings. The van der Waals surface area contributed by atoms with Crippen molar-refractivity contribution in [2.24, 2.45) is 0 Å². The number of hydrogen-bond donors (Lipinski definition) is 0. The van der Waals surface area contributed by atoms with Crippen LogP contribution in [0.2, 0.25) is 0 Å². The molecule has 3 heterocycles. The maximum atomic E-state index is 12.4. The van der Waals surface area contributed by atoms with Crippen molar-refractivity contribution in [3.05, 3.63) is 66.2 Å². The lowest BCUT2D eigenvalue weighted by Gasteiger charge is -2.21. The topological polar surface area (TPSA) is 72.1 Å². The highest BCUT2D eigenvalue weighted by Crippen LogP contribution is 2.29. The average molecular weight is 348 g/mol. The molecule has 0 radical (unpaired) electrons. The second-order valence-corrected chi connectivity index (χ2v) is 6.71. The maximum Gasteiger partial charge on any atom is 0.258 e. The summed E-state index contributed by atoms with van der Waals surface area (Å²) in [6.45, 7) is 3.48. The number of rotatable bonds is 5. The van der Waals surface area contributed by atoms with Gasteiger partial charge in [0, 0.05) is 43.4 Å². The van der Waals surface area contributed by atoms with Crippen LogP contribution in [0.4, 0.5) is 0 Å². The van der Waals surface area contributed by atoms with Crippen LogP contribution in [-0.4, -0.2) is 39.0 Å². The molecule has 1 aromatic carbocycles. The number of likely N-dealkylation sites (tertiary alicyclic amines) is 1. The third-order valence-electron chi connectivity index (χ3n) is 4.81. The van der Waals surface area contributed by atoms with Crippen LogP contribution in [0.15, 0.2) is 59.4 Å². The highest BCUT2D eigenvalue weighted by molar-refractivity contribution is 5.79. The molecule has 0 bridgehead atoms. The summed E-state index contributed by atoms with van der Waals surface area (Å²) >= 11 is 0. The molecule has 26 heavy (non-hydrogen) atoms. The van der Waals surface area contributed by atoms with E-state index in [9.17, 15) is 4.79 Å². The molecule has 0 saturated carbocycles. The van der Waals surface area contributed by atoms with E-state index in [4.69, 9.17) is 4.52 Å². The molecule has 1 amide bonds. The molecule has 2 atom stereocenters. The molecular formula is C20H20N4O2. The Labute approximate surface area is 151 Å². The number of carbonyl (C=O) groups is 1. The minimum absolute atomic E-state index is 0.0233. The molecule has 6 heteroatoms. The summed E-state index contributed by atoms with van der Waals surface area (Å²) in [4.78, 5) is 22.8. The van der Waals surface area contributed by atoms with Crippen molar-refractivity contribution >= 4 is 5.91 Å². The molecule has 2 unspecified atom stereocenters. The fourth-order valence-electron chi connectivity index (χ4n) is 3.35. The van der Waals surface area contributed by atoms with Crippen LogP contribution >= 0.6 is 0 Å². The lowest BCUT2D eigenvalue weighted by atomic mass is 10.0. The fourth-order valence-corrected chi connectivity index (χ4v) is 3.35. The van der Waals surface area contributed by atoms with Crippen LogP contribution in [0.3, 0.4) is 0 Å². The molecule has 2 aromatic heterocycles. The second kappa shape index (κ2) is 7.07. The van der Waals surface area contributed by atoms with Crippen LogP contribution in [0, 0.1) is 0 Å². The number of amides is 1. The first-order chi connectivity index (χ1) is 12.7. The highest BCUT2D eigenvalue weighted by atomic mass is 16.5. The van der Waals surface area contributed by atoms with Crippen LogP contribution < -0.4 is 0 Å². The molecule has 1 fully saturated rings. The standard InChI is InChI=1S/C20H20N4O2/c1-14(15-5-3-2-4-6-15)12-24-13-17(11-18(24)25)19-22-20(26-23-19)16-7-9-21-10-8-16/h2-10,14,17H,11-13H2,1H3. The largest absolute Gasteiger partial charge is 0.341 e. The number of benzene rings is 1. The summed E-state index contributed by atoms with van der Waals surface area (Å²) in [6, 6.07) is 13.9. The monoisotopic (exact) mass is 348 g/mol. The molecule has 132 valence electrons. The van der Waals surface area contributed by atoms with E-state index >= 15 is 0 Å². The van der Waals surface area contributed by atoms with E-state index in [0.29, 0.717) is 31.2 Å². The van der Waals surface area contributed by atoms with Crippen molar-refractivity contribution < 1.29 is 9.32 Å². The fraction of sp³-hybridized carbons (Fsp3) is 0.300. The third kappa shape index (κ3) is 3.35. The van der Waals surface area contributed by atoms with Gasteiger partial charge in [0.05, 0.1) is 0 Å². The zero-order valence-electron chi connectivity index (χ0n) is 14.6. The number of aromatic nitrogens is 3. The normalized spacial score (nSPS) is 18.3. The molecule has 1 saturated heterocycles. The Morgan fingerprint density at radius 2 is 1.96 bits per heavy atom. The SMILES string of the molecule is CC(CN1CC(c2noc(-c3ccncc3)n2)CC1=O)c1ccccc1.